The molecule has 0 atom stereocenters. The minimum Gasteiger partial charge on any atom is -0.873 e. The molecule has 0 bridgehead atoms. The summed E-state index contributed by atoms with van der Waals surface area (Å²) in [6.45, 7) is 0. The normalized spacial score (nSPS) is 8.27. The van der Waals surface area contributed by atoms with Gasteiger partial charge in [0.25, 0.3) is 5.69 Å². The van der Waals surface area contributed by atoms with E-state index in [1.807, 2.05) is 91.0 Å². The Morgan fingerprint density at radius 3 is 1.17 bits per heavy atom. The van der Waals surface area contributed by atoms with Gasteiger partial charge < -0.3 is 10.2 Å². The molecule has 4 rings (SSSR count). The van der Waals surface area contributed by atoms with Crippen molar-refractivity contribution >= 4 is 30.1 Å². The Labute approximate surface area is 193 Å². The third-order valence-electron chi connectivity index (χ3n) is 2.96. The fourth-order valence-electron chi connectivity index (χ4n) is 1.64. The first-order valence-corrected chi connectivity index (χ1v) is 8.47. The van der Waals surface area contributed by atoms with Crippen LogP contribution in [0.15, 0.2) is 109 Å². The minimum absolute atomic E-state index is 0. The first-order chi connectivity index (χ1) is 14.1. The summed E-state index contributed by atoms with van der Waals surface area (Å²) in [5, 5.41) is 31.0. The van der Waals surface area contributed by atoms with Crippen LogP contribution in [-0.4, -0.2) is 29.4 Å². The number of nitro groups is 1. The third-order valence-corrected chi connectivity index (χ3v) is 2.96. The maximum absolute atomic E-state index is 10.5. The van der Waals surface area contributed by atoms with Crippen LogP contribution >= 0.6 is 0 Å². The number of nitrogens with zero attached hydrogens (tertiary/aromatic N) is 1. The van der Waals surface area contributed by atoms with E-state index in [1.54, 1.807) is 0 Å². The molecule has 0 spiro atoms. The first kappa shape index (κ1) is 26.7. The molecule has 0 aromatic heterocycles. The third kappa shape index (κ3) is 13.8. The fourth-order valence-corrected chi connectivity index (χ4v) is 1.64. The minimum atomic E-state index is -0.848. The molecule has 0 fully saturated rings. The zero-order valence-corrected chi connectivity index (χ0v) is 18.5. The Kier molecular flexibility index (Phi) is 15.8. The molecule has 6 radical (unpaired) electrons. The Morgan fingerprint density at radius 1 is 0.600 bits per heavy atom. The van der Waals surface area contributed by atoms with Crippen molar-refractivity contribution in [3.63, 3.8) is 0 Å². The summed E-state index contributed by atoms with van der Waals surface area (Å²) in [6.07, 6.45) is 0. The molecule has 4 aromatic rings. The number of hydrogen-bond donors (Lipinski definition) is 0. The second-order valence-corrected chi connectivity index (χ2v) is 5.12. The SMILES string of the molecule is O=[N+]([O-])c1ccc([O-])c([O-])c1.[Sb].[c]1ccccc1.[c]1ccccc1.[c]1ccccc1. The molecule has 30 heavy (non-hydrogen) atoms. The Morgan fingerprint density at radius 2 is 0.967 bits per heavy atom. The summed E-state index contributed by atoms with van der Waals surface area (Å²) in [5.41, 5.74) is -0.352. The van der Waals surface area contributed by atoms with Crippen molar-refractivity contribution in [2.75, 3.05) is 0 Å². The molecule has 0 N–H and O–H groups in total. The molecule has 5 nitrogen and oxygen atoms in total. The average Bonchev–Trinajstić information content (AvgIpc) is 2.80. The molecule has 0 saturated heterocycles. The van der Waals surface area contributed by atoms with E-state index in [1.165, 1.54) is 0 Å². The number of nitro benzene ring substituents is 1. The van der Waals surface area contributed by atoms with Crippen LogP contribution in [-0.2, 0) is 0 Å². The maximum Gasteiger partial charge on any atom is 0.268 e. The predicted molar refractivity (Wildman–Crippen MR) is 114 cm³/mol. The van der Waals surface area contributed by atoms with E-state index in [4.69, 9.17) is 0 Å². The quantitative estimate of drug-likeness (QED) is 0.223. The van der Waals surface area contributed by atoms with Gasteiger partial charge >= 0.3 is 0 Å². The maximum atomic E-state index is 10.5. The predicted octanol–water partition coefficient (Wildman–Crippen LogP) is 3.82. The van der Waals surface area contributed by atoms with Gasteiger partial charge in [-0.3, -0.25) is 10.1 Å². The zero-order chi connectivity index (χ0) is 21.2. The van der Waals surface area contributed by atoms with Gasteiger partial charge in [0.1, 0.15) is 0 Å². The fraction of sp³-hybridized carbons (Fsp3) is 0. The Hall–Kier alpha value is -3.30. The molecule has 0 amide bonds. The van der Waals surface area contributed by atoms with Crippen molar-refractivity contribution in [1.82, 2.24) is 0 Å². The Bertz CT molecular complexity index is 753. The zero-order valence-electron chi connectivity index (χ0n) is 15.9. The Balaban J connectivity index is 0.000000385. The van der Waals surface area contributed by atoms with Crippen molar-refractivity contribution in [3.8, 4) is 11.5 Å². The van der Waals surface area contributed by atoms with E-state index >= 15 is 0 Å². The van der Waals surface area contributed by atoms with Gasteiger partial charge in [-0.25, -0.2) is 0 Å². The summed E-state index contributed by atoms with van der Waals surface area (Å²) >= 11 is 0. The van der Waals surface area contributed by atoms with E-state index in [2.05, 4.69) is 18.2 Å². The van der Waals surface area contributed by atoms with Crippen molar-refractivity contribution in [2.24, 2.45) is 0 Å². The number of hydrogen-bond acceptors (Lipinski definition) is 4. The van der Waals surface area contributed by atoms with Gasteiger partial charge in [0.05, 0.1) is 4.92 Å². The molecule has 0 aliphatic carbocycles. The van der Waals surface area contributed by atoms with Crippen LogP contribution in [0.5, 0.6) is 11.5 Å². The van der Waals surface area contributed by atoms with Crippen LogP contribution in [0, 0.1) is 28.3 Å². The number of rotatable bonds is 1. The first-order valence-electron chi connectivity index (χ1n) is 8.47. The van der Waals surface area contributed by atoms with Gasteiger partial charge in [0, 0.05) is 36.6 Å². The summed E-state index contributed by atoms with van der Waals surface area (Å²) in [7, 11) is 0. The molecule has 0 aliphatic heterocycles. The van der Waals surface area contributed by atoms with Crippen LogP contribution in [0.3, 0.4) is 0 Å². The molecule has 0 saturated carbocycles. The molecule has 6 heteroatoms. The van der Waals surface area contributed by atoms with Gasteiger partial charge in [-0.05, 0) is 18.2 Å². The van der Waals surface area contributed by atoms with E-state index in [0.717, 1.165) is 12.1 Å². The summed E-state index contributed by atoms with van der Waals surface area (Å²) in [5.74, 6) is -1.57. The summed E-state index contributed by atoms with van der Waals surface area (Å²) < 4.78 is 0. The van der Waals surface area contributed by atoms with Crippen LogP contribution in [0.2, 0.25) is 0 Å². The van der Waals surface area contributed by atoms with Crippen LogP contribution < -0.4 is 10.2 Å². The van der Waals surface area contributed by atoms with Gasteiger partial charge in [-0.1, -0.05) is 97.1 Å². The van der Waals surface area contributed by atoms with Gasteiger partial charge in [0.15, 0.2) is 0 Å². The molecule has 0 aliphatic rings. The van der Waals surface area contributed by atoms with Crippen LogP contribution in [0.1, 0.15) is 0 Å². The van der Waals surface area contributed by atoms with Gasteiger partial charge in [-0.15, -0.1) is 11.5 Å². The van der Waals surface area contributed by atoms with E-state index in [9.17, 15) is 20.3 Å². The van der Waals surface area contributed by atoms with Crippen molar-refractivity contribution < 1.29 is 15.1 Å². The summed E-state index contributed by atoms with van der Waals surface area (Å²) in [4.78, 5) is 9.31. The van der Waals surface area contributed by atoms with Gasteiger partial charge in [0.2, 0.25) is 0 Å². The topological polar surface area (TPSA) is 89.3 Å². The smallest absolute Gasteiger partial charge is 0.268 e. The largest absolute Gasteiger partial charge is 0.873 e. The molecule has 150 valence electrons. The molecule has 4 aromatic carbocycles. The number of benzene rings is 4. The second kappa shape index (κ2) is 17.8. The monoisotopic (exact) mass is 505 g/mol. The van der Waals surface area contributed by atoms with Crippen LogP contribution in [0.4, 0.5) is 5.69 Å². The number of non-ortho nitro benzene ring substituents is 1. The molecule has 0 unspecified atom stereocenters. The van der Waals surface area contributed by atoms with Crippen LogP contribution in [0.25, 0.3) is 0 Å². The van der Waals surface area contributed by atoms with Crippen molar-refractivity contribution in [3.05, 3.63) is 138 Å². The molecular formula is C24H18NO4Sb-2. The average molecular weight is 506 g/mol. The van der Waals surface area contributed by atoms with E-state index in [-0.39, 0.29) is 30.1 Å². The second-order valence-electron chi connectivity index (χ2n) is 5.12. The van der Waals surface area contributed by atoms with Gasteiger partial charge in [-0.2, -0.15) is 0 Å². The van der Waals surface area contributed by atoms with Crippen molar-refractivity contribution in [2.45, 2.75) is 0 Å². The standard InChI is InChI=1S/C6H5NO4.3C6H5.Sb/c8-5-2-1-4(7(10)11)3-6(5)9;3*1-2-4-6-5-3-1;/h1-3,8-9H;3*1-5H;/p-2. The molecular weight excluding hydrogens is 488 g/mol. The molecule has 0 heterocycles. The summed E-state index contributed by atoms with van der Waals surface area (Å²) in [6, 6.07) is 40.1. The van der Waals surface area contributed by atoms with Crippen molar-refractivity contribution in [1.29, 1.82) is 0 Å². The van der Waals surface area contributed by atoms with E-state index < -0.39 is 16.4 Å². The van der Waals surface area contributed by atoms with E-state index in [0.29, 0.717) is 6.07 Å².